The van der Waals surface area contributed by atoms with Crippen molar-refractivity contribution in [2.24, 2.45) is 0 Å². The van der Waals surface area contributed by atoms with Gasteiger partial charge in [-0.2, -0.15) is 0 Å². The van der Waals surface area contributed by atoms with E-state index in [4.69, 9.17) is 0 Å². The second-order valence-electron chi connectivity index (χ2n) is 7.96. The van der Waals surface area contributed by atoms with E-state index in [1.165, 1.54) is 116 Å². The van der Waals surface area contributed by atoms with Crippen LogP contribution in [-0.2, 0) is 12.8 Å². The van der Waals surface area contributed by atoms with Gasteiger partial charge in [-0.3, -0.25) is 0 Å². The van der Waals surface area contributed by atoms with Crippen LogP contribution in [0.2, 0.25) is 0 Å². The quantitative estimate of drug-likeness (QED) is 0.257. The van der Waals surface area contributed by atoms with Crippen LogP contribution in [-0.4, -0.2) is 4.98 Å². The highest BCUT2D eigenvalue weighted by atomic mass is 14.6. The Balaban J connectivity index is 1.84. The number of rotatable bonds is 18. The summed E-state index contributed by atoms with van der Waals surface area (Å²) in [5.74, 6) is 0. The van der Waals surface area contributed by atoms with Gasteiger partial charge in [0.2, 0.25) is 0 Å². The highest BCUT2D eigenvalue weighted by Crippen LogP contribution is 2.16. The number of nitrogens with one attached hydrogen (secondary N) is 1. The zero-order chi connectivity index (χ0) is 18.0. The maximum absolute atomic E-state index is 3.31. The highest BCUT2D eigenvalue weighted by molar-refractivity contribution is 5.23. The van der Waals surface area contributed by atoms with Crippen molar-refractivity contribution in [3.05, 3.63) is 23.5 Å². The molecule has 1 heterocycles. The van der Waals surface area contributed by atoms with Crippen LogP contribution in [0.1, 0.15) is 128 Å². The number of aromatic amines is 1. The Morgan fingerprint density at radius 2 is 0.840 bits per heavy atom. The maximum atomic E-state index is 3.31. The first-order valence-corrected chi connectivity index (χ1v) is 11.5. The van der Waals surface area contributed by atoms with E-state index < -0.39 is 0 Å². The SMILES string of the molecule is CCCCCCCCCCCCCCCCc1c[nH]cc1CCCC. The van der Waals surface area contributed by atoms with Crippen molar-refractivity contribution in [1.82, 2.24) is 4.98 Å². The Kier molecular flexibility index (Phi) is 14.9. The lowest BCUT2D eigenvalue weighted by molar-refractivity contribution is 0.535. The lowest BCUT2D eigenvalue weighted by Crippen LogP contribution is -1.91. The predicted molar refractivity (Wildman–Crippen MR) is 113 cm³/mol. The van der Waals surface area contributed by atoms with Crippen molar-refractivity contribution in [2.75, 3.05) is 0 Å². The van der Waals surface area contributed by atoms with Crippen LogP contribution in [0.3, 0.4) is 0 Å². The van der Waals surface area contributed by atoms with E-state index in [0.29, 0.717) is 0 Å². The van der Waals surface area contributed by atoms with E-state index >= 15 is 0 Å². The Morgan fingerprint density at radius 3 is 1.28 bits per heavy atom. The summed E-state index contributed by atoms with van der Waals surface area (Å²) in [6, 6.07) is 0. The van der Waals surface area contributed by atoms with Crippen LogP contribution in [0.4, 0.5) is 0 Å². The Hall–Kier alpha value is -0.720. The van der Waals surface area contributed by atoms with Gasteiger partial charge in [0.25, 0.3) is 0 Å². The molecule has 0 bridgehead atoms. The van der Waals surface area contributed by atoms with Crippen LogP contribution in [0.25, 0.3) is 0 Å². The monoisotopic (exact) mass is 347 g/mol. The molecule has 0 aromatic carbocycles. The lowest BCUT2D eigenvalue weighted by atomic mass is 10.0. The molecule has 146 valence electrons. The molecule has 0 aliphatic carbocycles. The van der Waals surface area contributed by atoms with Crippen LogP contribution < -0.4 is 0 Å². The number of H-pyrrole nitrogens is 1. The van der Waals surface area contributed by atoms with E-state index in [2.05, 4.69) is 31.2 Å². The minimum Gasteiger partial charge on any atom is -0.367 e. The molecule has 1 aromatic rings. The molecule has 0 fully saturated rings. The van der Waals surface area contributed by atoms with Crippen molar-refractivity contribution in [3.8, 4) is 0 Å². The molecular weight excluding hydrogens is 302 g/mol. The topological polar surface area (TPSA) is 15.8 Å². The van der Waals surface area contributed by atoms with Gasteiger partial charge in [-0.25, -0.2) is 0 Å². The zero-order valence-electron chi connectivity index (χ0n) is 17.4. The van der Waals surface area contributed by atoms with Gasteiger partial charge in [-0.05, 0) is 36.8 Å². The largest absolute Gasteiger partial charge is 0.367 e. The van der Waals surface area contributed by atoms with E-state index in [9.17, 15) is 0 Å². The Morgan fingerprint density at radius 1 is 0.480 bits per heavy atom. The van der Waals surface area contributed by atoms with E-state index in [1.807, 2.05) is 0 Å². The third kappa shape index (κ3) is 12.3. The molecular formula is C24H45N. The number of hydrogen-bond acceptors (Lipinski definition) is 0. The van der Waals surface area contributed by atoms with E-state index in [-0.39, 0.29) is 0 Å². The minimum atomic E-state index is 1.26. The van der Waals surface area contributed by atoms with E-state index in [0.717, 1.165) is 0 Å². The molecule has 0 aliphatic rings. The Labute approximate surface area is 158 Å². The first kappa shape index (κ1) is 22.3. The standard InChI is InChI=1S/C24H45N/c1-3-5-7-8-9-10-11-12-13-14-15-16-17-18-20-24-22-25-21-23(24)19-6-4-2/h21-22,25H,3-20H2,1-2H3. The fourth-order valence-corrected chi connectivity index (χ4v) is 3.77. The summed E-state index contributed by atoms with van der Waals surface area (Å²) in [7, 11) is 0. The maximum Gasteiger partial charge on any atom is 0.00401 e. The first-order valence-electron chi connectivity index (χ1n) is 11.5. The second kappa shape index (κ2) is 16.7. The average Bonchev–Trinajstić information content (AvgIpc) is 3.07. The molecule has 0 saturated heterocycles. The molecule has 1 rings (SSSR count). The summed E-state index contributed by atoms with van der Waals surface area (Å²) in [5, 5.41) is 0. The summed E-state index contributed by atoms with van der Waals surface area (Å²) in [6.07, 6.45) is 29.8. The summed E-state index contributed by atoms with van der Waals surface area (Å²) in [6.45, 7) is 4.57. The van der Waals surface area contributed by atoms with Crippen molar-refractivity contribution in [1.29, 1.82) is 0 Å². The molecule has 0 spiro atoms. The average molecular weight is 348 g/mol. The van der Waals surface area contributed by atoms with Gasteiger partial charge < -0.3 is 4.98 Å². The molecule has 25 heavy (non-hydrogen) atoms. The van der Waals surface area contributed by atoms with Crippen LogP contribution in [0.15, 0.2) is 12.4 Å². The summed E-state index contributed by atoms with van der Waals surface area (Å²) >= 11 is 0. The first-order chi connectivity index (χ1) is 12.4. The number of aromatic nitrogens is 1. The Bertz CT molecular complexity index is 379. The normalized spacial score (nSPS) is 11.3. The van der Waals surface area contributed by atoms with Gasteiger partial charge in [0.15, 0.2) is 0 Å². The van der Waals surface area contributed by atoms with Gasteiger partial charge >= 0.3 is 0 Å². The minimum absolute atomic E-state index is 1.26. The zero-order valence-corrected chi connectivity index (χ0v) is 17.4. The summed E-state index contributed by atoms with van der Waals surface area (Å²) < 4.78 is 0. The molecule has 1 heteroatoms. The van der Waals surface area contributed by atoms with Gasteiger partial charge in [0.05, 0.1) is 0 Å². The molecule has 1 N–H and O–H groups in total. The molecule has 0 radical (unpaired) electrons. The second-order valence-corrected chi connectivity index (χ2v) is 7.96. The smallest absolute Gasteiger partial charge is 0.00401 e. The van der Waals surface area contributed by atoms with Crippen LogP contribution in [0.5, 0.6) is 0 Å². The molecule has 0 amide bonds. The molecule has 1 nitrogen and oxygen atoms in total. The highest BCUT2D eigenvalue weighted by Gasteiger charge is 2.03. The van der Waals surface area contributed by atoms with Gasteiger partial charge in [0, 0.05) is 12.4 Å². The van der Waals surface area contributed by atoms with E-state index in [1.54, 1.807) is 11.1 Å². The predicted octanol–water partition coefficient (Wildman–Crippen LogP) is 8.38. The van der Waals surface area contributed by atoms with Crippen molar-refractivity contribution >= 4 is 0 Å². The molecule has 0 atom stereocenters. The van der Waals surface area contributed by atoms with Crippen molar-refractivity contribution < 1.29 is 0 Å². The molecule has 0 saturated carbocycles. The van der Waals surface area contributed by atoms with Crippen molar-refractivity contribution in [2.45, 2.75) is 129 Å². The van der Waals surface area contributed by atoms with Crippen LogP contribution >= 0.6 is 0 Å². The molecule has 0 unspecified atom stereocenters. The summed E-state index contributed by atoms with van der Waals surface area (Å²) in [4.78, 5) is 3.31. The summed E-state index contributed by atoms with van der Waals surface area (Å²) in [5.41, 5.74) is 3.14. The van der Waals surface area contributed by atoms with Gasteiger partial charge in [-0.1, -0.05) is 104 Å². The molecule has 0 aliphatic heterocycles. The number of unbranched alkanes of at least 4 members (excludes halogenated alkanes) is 14. The fourth-order valence-electron chi connectivity index (χ4n) is 3.77. The van der Waals surface area contributed by atoms with Crippen molar-refractivity contribution in [3.63, 3.8) is 0 Å². The fraction of sp³-hybridized carbons (Fsp3) is 0.833. The number of aryl methyl sites for hydroxylation is 2. The van der Waals surface area contributed by atoms with Crippen LogP contribution in [0, 0.1) is 0 Å². The third-order valence-corrected chi connectivity index (χ3v) is 5.53. The van der Waals surface area contributed by atoms with Gasteiger partial charge in [-0.15, -0.1) is 0 Å². The lowest BCUT2D eigenvalue weighted by Gasteiger charge is -2.05. The third-order valence-electron chi connectivity index (χ3n) is 5.53. The number of hydrogen-bond donors (Lipinski definition) is 1. The van der Waals surface area contributed by atoms with Gasteiger partial charge in [0.1, 0.15) is 0 Å². The molecule has 1 aromatic heterocycles.